The van der Waals surface area contributed by atoms with Crippen LogP contribution in [0.3, 0.4) is 0 Å². The van der Waals surface area contributed by atoms with E-state index in [1.807, 2.05) is 0 Å². The zero-order valence-electron chi connectivity index (χ0n) is 16.8. The van der Waals surface area contributed by atoms with Gasteiger partial charge in [-0.25, -0.2) is 0 Å². The Labute approximate surface area is 182 Å². The fourth-order valence-corrected chi connectivity index (χ4v) is 3.75. The van der Waals surface area contributed by atoms with Crippen LogP contribution in [0.2, 0.25) is 0 Å². The summed E-state index contributed by atoms with van der Waals surface area (Å²) in [6.45, 7) is -0.665. The Balaban J connectivity index is 1.93. The number of anilines is 1. The Bertz CT molecular complexity index is 951. The summed E-state index contributed by atoms with van der Waals surface area (Å²) in [6.07, 6.45) is -14.2. The highest BCUT2D eigenvalue weighted by atomic mass is 19.4. The number of aliphatic hydroxyl groups excluding tert-OH is 1. The van der Waals surface area contributed by atoms with E-state index in [9.17, 15) is 44.6 Å². The van der Waals surface area contributed by atoms with Crippen molar-refractivity contribution < 1.29 is 44.6 Å². The molecule has 2 atom stereocenters. The number of hydrogen-bond acceptors (Lipinski definition) is 3. The summed E-state index contributed by atoms with van der Waals surface area (Å²) in [4.78, 5) is 0. The number of aliphatic hydroxyl groups is 1. The average molecular weight is 486 g/mol. The van der Waals surface area contributed by atoms with E-state index < -0.39 is 47.8 Å². The standard InChI is InChI=1S/C21H19F9N2O/c22-19(23,24)12-1-2-17-16(8-12)18(9-15(32-17)3-4-33)31-10-11-5-13(20(25,26)27)7-14(6-11)21(28,29)30/h1-2,5-8,15,18,31-33H,3-4,9-10H2/t15-,18+/m1/s1. The minimum Gasteiger partial charge on any atom is -0.396 e. The molecule has 0 amide bonds. The van der Waals surface area contributed by atoms with Crippen LogP contribution in [0.25, 0.3) is 0 Å². The van der Waals surface area contributed by atoms with E-state index in [0.717, 1.165) is 12.1 Å². The van der Waals surface area contributed by atoms with Gasteiger partial charge in [-0.2, -0.15) is 39.5 Å². The van der Waals surface area contributed by atoms with Gasteiger partial charge >= 0.3 is 18.5 Å². The molecule has 0 unspecified atom stereocenters. The Kier molecular flexibility index (Phi) is 6.90. The molecule has 2 aromatic rings. The molecule has 0 aromatic heterocycles. The summed E-state index contributed by atoms with van der Waals surface area (Å²) in [5.41, 5.74) is -3.68. The lowest BCUT2D eigenvalue weighted by Crippen LogP contribution is -2.35. The van der Waals surface area contributed by atoms with Crippen LogP contribution in [0.1, 0.15) is 46.7 Å². The molecule has 1 aliphatic rings. The van der Waals surface area contributed by atoms with E-state index >= 15 is 0 Å². The molecule has 0 bridgehead atoms. The molecule has 0 aliphatic carbocycles. The van der Waals surface area contributed by atoms with Crippen molar-refractivity contribution in [1.29, 1.82) is 0 Å². The zero-order chi connectivity index (χ0) is 24.6. The van der Waals surface area contributed by atoms with Gasteiger partial charge in [-0.05, 0) is 60.4 Å². The van der Waals surface area contributed by atoms with Gasteiger partial charge in [0.15, 0.2) is 0 Å². The number of rotatable bonds is 5. The van der Waals surface area contributed by atoms with Crippen molar-refractivity contribution in [3.8, 4) is 0 Å². The van der Waals surface area contributed by atoms with Crippen molar-refractivity contribution in [2.24, 2.45) is 0 Å². The summed E-state index contributed by atoms with van der Waals surface area (Å²) in [5.74, 6) is 0. The third-order valence-corrected chi connectivity index (χ3v) is 5.31. The predicted molar refractivity (Wildman–Crippen MR) is 101 cm³/mol. The quantitative estimate of drug-likeness (QED) is 0.445. The summed E-state index contributed by atoms with van der Waals surface area (Å²) in [5, 5.41) is 15.0. The first kappa shape index (κ1) is 25.2. The van der Waals surface area contributed by atoms with Gasteiger partial charge in [0.1, 0.15) is 0 Å². The highest BCUT2D eigenvalue weighted by Crippen LogP contribution is 2.39. The van der Waals surface area contributed by atoms with Crippen LogP contribution in [0.15, 0.2) is 36.4 Å². The summed E-state index contributed by atoms with van der Waals surface area (Å²) in [6, 6.07) is 2.96. The molecule has 0 spiro atoms. The van der Waals surface area contributed by atoms with Gasteiger partial charge in [0, 0.05) is 30.9 Å². The number of halogens is 9. The summed E-state index contributed by atoms with van der Waals surface area (Å²) in [7, 11) is 0. The molecule has 1 aliphatic heterocycles. The van der Waals surface area contributed by atoms with E-state index in [4.69, 9.17) is 0 Å². The maximum atomic E-state index is 13.2. The molecule has 0 saturated carbocycles. The van der Waals surface area contributed by atoms with Gasteiger partial charge in [-0.3, -0.25) is 0 Å². The van der Waals surface area contributed by atoms with Gasteiger partial charge < -0.3 is 15.7 Å². The Morgan fingerprint density at radius 1 is 0.818 bits per heavy atom. The third kappa shape index (κ3) is 6.11. The number of hydrogen-bond donors (Lipinski definition) is 3. The lowest BCUT2D eigenvalue weighted by atomic mass is 9.90. The van der Waals surface area contributed by atoms with Crippen LogP contribution >= 0.6 is 0 Å². The third-order valence-electron chi connectivity index (χ3n) is 5.31. The highest BCUT2D eigenvalue weighted by molar-refractivity contribution is 5.57. The summed E-state index contributed by atoms with van der Waals surface area (Å²) >= 11 is 0. The van der Waals surface area contributed by atoms with Gasteiger partial charge in [0.05, 0.1) is 16.7 Å². The molecule has 0 radical (unpaired) electrons. The van der Waals surface area contributed by atoms with Crippen LogP contribution in [0.5, 0.6) is 0 Å². The van der Waals surface area contributed by atoms with Crippen LogP contribution in [0, 0.1) is 0 Å². The van der Waals surface area contributed by atoms with E-state index in [0.29, 0.717) is 17.8 Å². The SMILES string of the molecule is OCC[C@@H]1C[C@H](NCc2cc(C(F)(F)F)cc(C(F)(F)F)c2)c2cc(C(F)(F)F)ccc2N1. The summed E-state index contributed by atoms with van der Waals surface area (Å²) < 4.78 is 118. The van der Waals surface area contributed by atoms with Gasteiger partial charge in [-0.1, -0.05) is 0 Å². The second-order valence-corrected chi connectivity index (χ2v) is 7.74. The second-order valence-electron chi connectivity index (χ2n) is 7.74. The predicted octanol–water partition coefficient (Wildman–Crippen LogP) is 6.14. The van der Waals surface area contributed by atoms with Crippen molar-refractivity contribution >= 4 is 5.69 Å². The number of benzene rings is 2. The molecule has 1 heterocycles. The van der Waals surface area contributed by atoms with Crippen LogP contribution in [-0.2, 0) is 25.1 Å². The van der Waals surface area contributed by atoms with E-state index in [1.54, 1.807) is 0 Å². The van der Waals surface area contributed by atoms with Gasteiger partial charge in [-0.15, -0.1) is 0 Å². The maximum Gasteiger partial charge on any atom is 0.416 e. The molecule has 3 N–H and O–H groups in total. The molecular weight excluding hydrogens is 467 g/mol. The van der Waals surface area contributed by atoms with E-state index in [-0.39, 0.29) is 42.7 Å². The lowest BCUT2D eigenvalue weighted by molar-refractivity contribution is -0.143. The maximum absolute atomic E-state index is 13.2. The first-order valence-electron chi connectivity index (χ1n) is 9.79. The Hall–Kier alpha value is -2.47. The smallest absolute Gasteiger partial charge is 0.396 e. The zero-order valence-corrected chi connectivity index (χ0v) is 16.8. The van der Waals surface area contributed by atoms with E-state index in [1.165, 1.54) is 6.07 Å². The van der Waals surface area contributed by atoms with Crippen LogP contribution in [-0.4, -0.2) is 17.8 Å². The Morgan fingerprint density at radius 3 is 1.91 bits per heavy atom. The topological polar surface area (TPSA) is 44.3 Å². The minimum atomic E-state index is -5.01. The van der Waals surface area contributed by atoms with Crippen LogP contribution < -0.4 is 10.6 Å². The van der Waals surface area contributed by atoms with Crippen molar-refractivity contribution in [2.45, 2.75) is 50.0 Å². The van der Waals surface area contributed by atoms with Crippen LogP contribution in [0.4, 0.5) is 45.2 Å². The monoisotopic (exact) mass is 486 g/mol. The van der Waals surface area contributed by atoms with Gasteiger partial charge in [0.25, 0.3) is 0 Å². The molecule has 182 valence electrons. The molecule has 3 nitrogen and oxygen atoms in total. The van der Waals surface area contributed by atoms with E-state index in [2.05, 4.69) is 10.6 Å². The first-order valence-corrected chi connectivity index (χ1v) is 9.79. The number of fused-ring (bicyclic) bond motifs is 1. The van der Waals surface area contributed by atoms with Crippen molar-refractivity contribution in [3.63, 3.8) is 0 Å². The van der Waals surface area contributed by atoms with Crippen molar-refractivity contribution in [3.05, 3.63) is 64.2 Å². The molecular formula is C21H19F9N2O. The molecule has 33 heavy (non-hydrogen) atoms. The van der Waals surface area contributed by atoms with Gasteiger partial charge in [0.2, 0.25) is 0 Å². The number of nitrogens with one attached hydrogen (secondary N) is 2. The normalized spacial score (nSPS) is 19.2. The number of alkyl halides is 9. The highest BCUT2D eigenvalue weighted by Gasteiger charge is 2.37. The molecule has 3 rings (SSSR count). The fourth-order valence-electron chi connectivity index (χ4n) is 3.75. The minimum absolute atomic E-state index is 0.0101. The molecule has 2 aromatic carbocycles. The van der Waals surface area contributed by atoms with Crippen molar-refractivity contribution in [2.75, 3.05) is 11.9 Å². The largest absolute Gasteiger partial charge is 0.416 e. The molecule has 0 saturated heterocycles. The molecule has 12 heteroatoms. The van der Waals surface area contributed by atoms with Crippen molar-refractivity contribution in [1.82, 2.24) is 5.32 Å². The first-order chi connectivity index (χ1) is 15.2. The molecule has 0 fully saturated rings. The average Bonchev–Trinajstić information content (AvgIpc) is 2.69. The lowest BCUT2D eigenvalue weighted by Gasteiger charge is -2.34. The second kappa shape index (κ2) is 9.05. The fraction of sp³-hybridized carbons (Fsp3) is 0.429. The Morgan fingerprint density at radius 2 is 1.39 bits per heavy atom.